The molecule has 1 N–H and O–H groups in total. The number of ether oxygens (including phenoxy) is 1. The zero-order valence-electron chi connectivity index (χ0n) is 13.9. The molecule has 2 heterocycles. The van der Waals surface area contributed by atoms with E-state index in [1.807, 2.05) is 23.6 Å². The monoisotopic (exact) mass is 374 g/mol. The van der Waals surface area contributed by atoms with Gasteiger partial charge in [0.25, 0.3) is 0 Å². The number of benzene rings is 1. The fourth-order valence-electron chi connectivity index (χ4n) is 2.46. The maximum absolute atomic E-state index is 12.7. The number of hydrogen-bond donors (Lipinski definition) is 1. The van der Waals surface area contributed by atoms with Gasteiger partial charge in [0.1, 0.15) is 5.75 Å². The van der Waals surface area contributed by atoms with Gasteiger partial charge in [0.2, 0.25) is 10.0 Å². The van der Waals surface area contributed by atoms with Crippen LogP contribution in [-0.2, 0) is 16.6 Å². The van der Waals surface area contributed by atoms with Crippen LogP contribution < -0.4 is 9.46 Å². The predicted molar refractivity (Wildman–Crippen MR) is 99.3 cm³/mol. The average Bonchev–Trinajstić information content (AvgIpc) is 3.15. The van der Waals surface area contributed by atoms with Crippen molar-refractivity contribution in [2.24, 2.45) is 0 Å². The molecule has 2 aromatic heterocycles. The van der Waals surface area contributed by atoms with Gasteiger partial charge < -0.3 is 4.74 Å². The number of rotatable bonds is 6. The molecule has 0 spiro atoms. The molecule has 0 unspecified atom stereocenters. The fourth-order valence-corrected chi connectivity index (χ4v) is 4.48. The summed E-state index contributed by atoms with van der Waals surface area (Å²) < 4.78 is 33.2. The smallest absolute Gasteiger partial charge is 0.241 e. The van der Waals surface area contributed by atoms with Gasteiger partial charge in [0, 0.05) is 18.8 Å². The number of aromatic nitrogens is 1. The van der Waals surface area contributed by atoms with Crippen molar-refractivity contribution >= 4 is 21.4 Å². The molecular weight excluding hydrogens is 356 g/mol. The predicted octanol–water partition coefficient (Wildman–Crippen LogP) is 3.61. The van der Waals surface area contributed by atoms with Gasteiger partial charge in [-0.05, 0) is 41.6 Å². The van der Waals surface area contributed by atoms with E-state index in [0.717, 1.165) is 16.1 Å². The highest BCUT2D eigenvalue weighted by atomic mass is 32.2. The Morgan fingerprint density at radius 1 is 1.20 bits per heavy atom. The third-order valence-electron chi connectivity index (χ3n) is 3.78. The second-order valence-corrected chi connectivity index (χ2v) is 8.13. The third kappa shape index (κ3) is 3.89. The first-order valence-electron chi connectivity index (χ1n) is 7.63. The van der Waals surface area contributed by atoms with Crippen LogP contribution in [-0.4, -0.2) is 20.5 Å². The lowest BCUT2D eigenvalue weighted by Crippen LogP contribution is -2.24. The van der Waals surface area contributed by atoms with E-state index in [1.165, 1.54) is 13.2 Å². The number of thiophene rings is 1. The van der Waals surface area contributed by atoms with Crippen LogP contribution in [0.1, 0.15) is 11.1 Å². The van der Waals surface area contributed by atoms with E-state index >= 15 is 0 Å². The summed E-state index contributed by atoms with van der Waals surface area (Å²) in [7, 11) is -2.15. The summed E-state index contributed by atoms with van der Waals surface area (Å²) in [5.41, 5.74) is 2.29. The van der Waals surface area contributed by atoms with Crippen LogP contribution in [0.25, 0.3) is 10.6 Å². The van der Waals surface area contributed by atoms with Gasteiger partial charge >= 0.3 is 0 Å². The molecule has 0 aliphatic rings. The van der Waals surface area contributed by atoms with Crippen molar-refractivity contribution in [3.63, 3.8) is 0 Å². The van der Waals surface area contributed by atoms with Gasteiger partial charge in [-0.25, -0.2) is 13.1 Å². The average molecular weight is 374 g/mol. The molecule has 3 rings (SSSR count). The first kappa shape index (κ1) is 17.6. The topological polar surface area (TPSA) is 68.3 Å². The van der Waals surface area contributed by atoms with Gasteiger partial charge in [0.05, 0.1) is 22.6 Å². The Morgan fingerprint density at radius 3 is 2.76 bits per heavy atom. The van der Waals surface area contributed by atoms with Crippen LogP contribution in [0.4, 0.5) is 0 Å². The minimum atomic E-state index is -3.66. The SMILES string of the molecule is COc1ccc(C)c(S(=O)(=O)NCc2cccnc2-c2cccs2)c1. The molecule has 1 aromatic carbocycles. The zero-order valence-corrected chi connectivity index (χ0v) is 15.5. The largest absolute Gasteiger partial charge is 0.497 e. The molecule has 0 radical (unpaired) electrons. The van der Waals surface area contributed by atoms with E-state index < -0.39 is 10.0 Å². The summed E-state index contributed by atoms with van der Waals surface area (Å²) in [5.74, 6) is 0.506. The third-order valence-corrected chi connectivity index (χ3v) is 6.20. The molecule has 0 saturated heterocycles. The number of nitrogens with one attached hydrogen (secondary N) is 1. The normalized spacial score (nSPS) is 11.4. The molecule has 0 amide bonds. The lowest BCUT2D eigenvalue weighted by Gasteiger charge is -2.12. The second kappa shape index (κ2) is 7.35. The number of sulfonamides is 1. The molecule has 7 heteroatoms. The van der Waals surface area contributed by atoms with E-state index in [1.54, 1.807) is 42.7 Å². The van der Waals surface area contributed by atoms with Gasteiger partial charge in [-0.1, -0.05) is 18.2 Å². The van der Waals surface area contributed by atoms with Crippen molar-refractivity contribution in [1.82, 2.24) is 9.71 Å². The summed E-state index contributed by atoms with van der Waals surface area (Å²) >= 11 is 1.57. The van der Waals surface area contributed by atoms with Crippen molar-refractivity contribution in [2.45, 2.75) is 18.4 Å². The Kier molecular flexibility index (Phi) is 5.17. The van der Waals surface area contributed by atoms with Crippen molar-refractivity contribution in [3.05, 3.63) is 65.2 Å². The molecular formula is C18H18N2O3S2. The van der Waals surface area contributed by atoms with E-state index in [2.05, 4.69) is 9.71 Å². The summed E-state index contributed by atoms with van der Waals surface area (Å²) in [6.07, 6.45) is 1.71. The maximum atomic E-state index is 12.7. The van der Waals surface area contributed by atoms with Gasteiger partial charge in [-0.15, -0.1) is 11.3 Å². The van der Waals surface area contributed by atoms with Crippen molar-refractivity contribution in [1.29, 1.82) is 0 Å². The summed E-state index contributed by atoms with van der Waals surface area (Å²) in [4.78, 5) is 5.62. The maximum Gasteiger partial charge on any atom is 0.241 e. The highest BCUT2D eigenvalue weighted by molar-refractivity contribution is 7.89. The van der Waals surface area contributed by atoms with Crippen LogP contribution in [0.2, 0.25) is 0 Å². The minimum absolute atomic E-state index is 0.167. The zero-order chi connectivity index (χ0) is 17.9. The van der Waals surface area contributed by atoms with E-state index in [-0.39, 0.29) is 11.4 Å². The van der Waals surface area contributed by atoms with Crippen LogP contribution in [0.15, 0.2) is 58.9 Å². The molecule has 3 aromatic rings. The number of methoxy groups -OCH3 is 1. The van der Waals surface area contributed by atoms with Gasteiger partial charge in [-0.2, -0.15) is 0 Å². The first-order valence-corrected chi connectivity index (χ1v) is 9.99. The summed E-state index contributed by atoms with van der Waals surface area (Å²) in [6, 6.07) is 12.6. The number of aryl methyl sites for hydroxylation is 1. The minimum Gasteiger partial charge on any atom is -0.497 e. The highest BCUT2D eigenvalue weighted by Crippen LogP contribution is 2.26. The summed E-state index contributed by atoms with van der Waals surface area (Å²) in [6.45, 7) is 1.93. The molecule has 0 atom stereocenters. The van der Waals surface area contributed by atoms with Crippen LogP contribution >= 0.6 is 11.3 Å². The summed E-state index contributed by atoms with van der Waals surface area (Å²) in [5, 5.41) is 1.97. The molecule has 5 nitrogen and oxygen atoms in total. The number of pyridine rings is 1. The Balaban J connectivity index is 1.87. The molecule has 0 bridgehead atoms. The van der Waals surface area contributed by atoms with Crippen LogP contribution in [0.5, 0.6) is 5.75 Å². The number of nitrogens with zero attached hydrogens (tertiary/aromatic N) is 1. The fraction of sp³-hybridized carbons (Fsp3) is 0.167. The van der Waals surface area contributed by atoms with Crippen molar-refractivity contribution < 1.29 is 13.2 Å². The molecule has 0 aliphatic carbocycles. The molecule has 0 aliphatic heterocycles. The Labute approximate surface area is 151 Å². The Bertz CT molecular complexity index is 968. The number of hydrogen-bond acceptors (Lipinski definition) is 5. The molecule has 0 fully saturated rings. The van der Waals surface area contributed by atoms with Gasteiger partial charge in [-0.3, -0.25) is 4.98 Å². The molecule has 25 heavy (non-hydrogen) atoms. The quantitative estimate of drug-likeness (QED) is 0.716. The Morgan fingerprint density at radius 2 is 2.04 bits per heavy atom. The lowest BCUT2D eigenvalue weighted by atomic mass is 10.2. The lowest BCUT2D eigenvalue weighted by molar-refractivity contribution is 0.413. The molecule has 0 saturated carbocycles. The molecule has 130 valence electrons. The van der Waals surface area contributed by atoms with E-state index in [9.17, 15) is 8.42 Å². The van der Waals surface area contributed by atoms with Crippen LogP contribution in [0.3, 0.4) is 0 Å². The second-order valence-electron chi connectivity index (χ2n) is 5.44. The first-order chi connectivity index (χ1) is 12.0. The van der Waals surface area contributed by atoms with Gasteiger partial charge in [0.15, 0.2) is 0 Å². The van der Waals surface area contributed by atoms with Crippen molar-refractivity contribution in [2.75, 3.05) is 7.11 Å². The van der Waals surface area contributed by atoms with Crippen LogP contribution in [0, 0.1) is 6.92 Å². The van der Waals surface area contributed by atoms with Crippen molar-refractivity contribution in [3.8, 4) is 16.3 Å². The standard InChI is InChI=1S/C18H18N2O3S2/c1-13-7-8-15(23-2)11-17(13)25(21,22)20-12-14-5-3-9-19-18(14)16-6-4-10-24-16/h3-11,20H,12H2,1-2H3. The Hall–Kier alpha value is -2.22. The van der Waals surface area contributed by atoms with E-state index in [4.69, 9.17) is 4.74 Å². The van der Waals surface area contributed by atoms with E-state index in [0.29, 0.717) is 11.3 Å². The highest BCUT2D eigenvalue weighted by Gasteiger charge is 2.18.